The van der Waals surface area contributed by atoms with Gasteiger partial charge in [-0.15, -0.1) is 11.3 Å². The molecular formula is C22H23N3O4S. The molecule has 2 amide bonds. The maximum atomic E-state index is 12.7. The lowest BCUT2D eigenvalue weighted by Gasteiger charge is -2.18. The maximum Gasteiger partial charge on any atom is 0.261 e. The predicted octanol–water partition coefficient (Wildman–Crippen LogP) is 3.06. The van der Waals surface area contributed by atoms with Crippen LogP contribution >= 0.6 is 11.3 Å². The Bertz CT molecular complexity index is 1080. The van der Waals surface area contributed by atoms with E-state index in [9.17, 15) is 9.59 Å². The van der Waals surface area contributed by atoms with E-state index in [0.717, 1.165) is 22.2 Å². The van der Waals surface area contributed by atoms with E-state index in [1.54, 1.807) is 37.4 Å². The van der Waals surface area contributed by atoms with Gasteiger partial charge in [-0.3, -0.25) is 9.59 Å². The van der Waals surface area contributed by atoms with Crippen LogP contribution in [0.25, 0.3) is 10.2 Å². The summed E-state index contributed by atoms with van der Waals surface area (Å²) in [7, 11) is 3.20. The van der Waals surface area contributed by atoms with E-state index in [-0.39, 0.29) is 24.3 Å². The molecule has 0 bridgehead atoms. The molecule has 1 N–H and O–H groups in total. The summed E-state index contributed by atoms with van der Waals surface area (Å²) < 4.78 is 11.0. The standard InChI is InChI=1S/C22H23N3O4S/c1-23-21(27)20-19(15-6-5-10-24-22(15)30-20)14-9-11-25(12-14)18(26)13-29-17-8-4-3-7-16(17)28-2/h3-8,10,14H,9,11-13H2,1-2H3,(H,23,27). The van der Waals surface area contributed by atoms with Gasteiger partial charge in [-0.25, -0.2) is 4.98 Å². The molecule has 7 nitrogen and oxygen atoms in total. The minimum absolute atomic E-state index is 0.0542. The molecule has 1 aromatic carbocycles. The van der Waals surface area contributed by atoms with Crippen LogP contribution in [-0.2, 0) is 4.79 Å². The summed E-state index contributed by atoms with van der Waals surface area (Å²) in [6, 6.07) is 11.1. The molecule has 0 aliphatic carbocycles. The molecule has 4 rings (SSSR count). The van der Waals surface area contributed by atoms with Gasteiger partial charge in [0.2, 0.25) is 0 Å². The number of likely N-dealkylation sites (tertiary alicyclic amines) is 1. The Morgan fingerprint density at radius 3 is 2.80 bits per heavy atom. The quantitative estimate of drug-likeness (QED) is 0.657. The minimum Gasteiger partial charge on any atom is -0.493 e. The van der Waals surface area contributed by atoms with E-state index in [2.05, 4.69) is 10.3 Å². The summed E-state index contributed by atoms with van der Waals surface area (Å²) in [4.78, 5) is 32.9. The lowest BCUT2D eigenvalue weighted by molar-refractivity contribution is -0.132. The van der Waals surface area contributed by atoms with Gasteiger partial charge >= 0.3 is 0 Å². The van der Waals surface area contributed by atoms with Crippen molar-refractivity contribution in [2.75, 3.05) is 33.9 Å². The van der Waals surface area contributed by atoms with Gasteiger partial charge in [0.15, 0.2) is 18.1 Å². The van der Waals surface area contributed by atoms with Gasteiger partial charge in [0, 0.05) is 37.6 Å². The fourth-order valence-corrected chi connectivity index (χ4v) is 5.01. The van der Waals surface area contributed by atoms with Crippen LogP contribution in [0.5, 0.6) is 11.5 Å². The van der Waals surface area contributed by atoms with E-state index in [1.165, 1.54) is 11.3 Å². The summed E-state index contributed by atoms with van der Waals surface area (Å²) in [6.07, 6.45) is 2.53. The highest BCUT2D eigenvalue weighted by molar-refractivity contribution is 7.20. The number of thiophene rings is 1. The van der Waals surface area contributed by atoms with Gasteiger partial charge in [0.25, 0.3) is 11.8 Å². The van der Waals surface area contributed by atoms with Crippen LogP contribution in [0, 0.1) is 0 Å². The molecule has 1 aliphatic rings. The molecule has 1 saturated heterocycles. The van der Waals surface area contributed by atoms with E-state index in [1.807, 2.05) is 24.3 Å². The minimum atomic E-state index is -0.114. The van der Waals surface area contributed by atoms with E-state index in [4.69, 9.17) is 9.47 Å². The van der Waals surface area contributed by atoms with Crippen LogP contribution in [0.15, 0.2) is 42.6 Å². The summed E-state index contributed by atoms with van der Waals surface area (Å²) in [5, 5.41) is 3.71. The molecule has 156 valence electrons. The Labute approximate surface area is 178 Å². The molecular weight excluding hydrogens is 402 g/mol. The van der Waals surface area contributed by atoms with Gasteiger partial charge in [-0.1, -0.05) is 18.2 Å². The molecule has 8 heteroatoms. The van der Waals surface area contributed by atoms with Crippen molar-refractivity contribution in [1.29, 1.82) is 0 Å². The van der Waals surface area contributed by atoms with Gasteiger partial charge in [-0.2, -0.15) is 0 Å². The van der Waals surface area contributed by atoms with Crippen LogP contribution in [-0.4, -0.2) is 55.6 Å². The Hall–Kier alpha value is -3.13. The maximum absolute atomic E-state index is 12.7. The number of hydrogen-bond acceptors (Lipinski definition) is 6. The Balaban J connectivity index is 1.49. The molecule has 3 aromatic rings. The molecule has 0 radical (unpaired) electrons. The highest BCUT2D eigenvalue weighted by Crippen LogP contribution is 2.39. The van der Waals surface area contributed by atoms with Crippen molar-refractivity contribution in [1.82, 2.24) is 15.2 Å². The number of benzene rings is 1. The summed E-state index contributed by atoms with van der Waals surface area (Å²) in [6.45, 7) is 1.13. The first kappa shape index (κ1) is 20.2. The number of nitrogens with one attached hydrogen (secondary N) is 1. The normalized spacial score (nSPS) is 15.9. The Morgan fingerprint density at radius 2 is 2.03 bits per heavy atom. The first-order valence-electron chi connectivity index (χ1n) is 9.75. The summed E-state index contributed by atoms with van der Waals surface area (Å²) >= 11 is 1.40. The summed E-state index contributed by atoms with van der Waals surface area (Å²) in [5.74, 6) is 1.03. The number of aromatic nitrogens is 1. The molecule has 0 spiro atoms. The van der Waals surface area contributed by atoms with Crippen molar-refractivity contribution >= 4 is 33.4 Å². The van der Waals surface area contributed by atoms with Crippen LogP contribution in [0.4, 0.5) is 0 Å². The topological polar surface area (TPSA) is 80.8 Å². The second-order valence-electron chi connectivity index (χ2n) is 7.04. The first-order chi connectivity index (χ1) is 14.6. The molecule has 3 heterocycles. The largest absolute Gasteiger partial charge is 0.493 e. The van der Waals surface area contributed by atoms with Crippen LogP contribution in [0.2, 0.25) is 0 Å². The number of carbonyl (C=O) groups excluding carboxylic acids is 2. The number of para-hydroxylation sites is 2. The number of ether oxygens (including phenoxy) is 2. The van der Waals surface area contributed by atoms with Crippen molar-refractivity contribution in [3.05, 3.63) is 53.0 Å². The molecule has 1 aliphatic heterocycles. The highest BCUT2D eigenvalue weighted by Gasteiger charge is 2.32. The average Bonchev–Trinajstić information content (AvgIpc) is 3.41. The zero-order valence-corrected chi connectivity index (χ0v) is 17.7. The number of fused-ring (bicyclic) bond motifs is 1. The SMILES string of the molecule is CNC(=O)c1sc2ncccc2c1C1CCN(C(=O)COc2ccccc2OC)C1. The fraction of sp³-hybridized carbons (Fsp3) is 0.318. The first-order valence-corrected chi connectivity index (χ1v) is 10.6. The average molecular weight is 426 g/mol. The zero-order chi connectivity index (χ0) is 21.1. The number of nitrogens with zero attached hydrogens (tertiary/aromatic N) is 2. The van der Waals surface area contributed by atoms with Crippen LogP contribution in [0.3, 0.4) is 0 Å². The Kier molecular flexibility index (Phi) is 5.85. The van der Waals surface area contributed by atoms with Gasteiger partial charge in [0.1, 0.15) is 4.83 Å². The van der Waals surface area contributed by atoms with Crippen LogP contribution in [0.1, 0.15) is 27.6 Å². The third-order valence-corrected chi connectivity index (χ3v) is 6.44. The monoisotopic (exact) mass is 425 g/mol. The van der Waals surface area contributed by atoms with Crippen molar-refractivity contribution < 1.29 is 19.1 Å². The molecule has 30 heavy (non-hydrogen) atoms. The summed E-state index contributed by atoms with van der Waals surface area (Å²) in [5.41, 5.74) is 0.989. The van der Waals surface area contributed by atoms with E-state index >= 15 is 0 Å². The van der Waals surface area contributed by atoms with Crippen molar-refractivity contribution in [3.63, 3.8) is 0 Å². The second-order valence-corrected chi connectivity index (χ2v) is 8.04. The molecule has 2 aromatic heterocycles. The highest BCUT2D eigenvalue weighted by atomic mass is 32.1. The lowest BCUT2D eigenvalue weighted by atomic mass is 9.95. The lowest BCUT2D eigenvalue weighted by Crippen LogP contribution is -2.33. The van der Waals surface area contributed by atoms with Gasteiger partial charge in [-0.05, 0) is 30.2 Å². The van der Waals surface area contributed by atoms with Crippen molar-refractivity contribution in [2.45, 2.75) is 12.3 Å². The molecule has 1 unspecified atom stereocenters. The van der Waals surface area contributed by atoms with Crippen LogP contribution < -0.4 is 14.8 Å². The van der Waals surface area contributed by atoms with Gasteiger partial charge < -0.3 is 19.7 Å². The van der Waals surface area contributed by atoms with Crippen molar-refractivity contribution in [3.8, 4) is 11.5 Å². The second kappa shape index (κ2) is 8.71. The third kappa shape index (κ3) is 3.82. The zero-order valence-electron chi connectivity index (χ0n) is 16.9. The van der Waals surface area contributed by atoms with Crippen molar-refractivity contribution in [2.24, 2.45) is 0 Å². The number of carbonyl (C=O) groups is 2. The molecule has 1 atom stereocenters. The third-order valence-electron chi connectivity index (χ3n) is 5.31. The number of hydrogen-bond donors (Lipinski definition) is 1. The number of rotatable bonds is 6. The smallest absolute Gasteiger partial charge is 0.261 e. The number of methoxy groups -OCH3 is 1. The number of pyridine rings is 1. The molecule has 1 fully saturated rings. The van der Waals surface area contributed by atoms with E-state index < -0.39 is 0 Å². The predicted molar refractivity (Wildman–Crippen MR) is 115 cm³/mol. The number of amides is 2. The Morgan fingerprint density at radius 1 is 1.23 bits per heavy atom. The fourth-order valence-electron chi connectivity index (χ4n) is 3.83. The molecule has 0 saturated carbocycles. The van der Waals surface area contributed by atoms with E-state index in [0.29, 0.717) is 29.5 Å². The van der Waals surface area contributed by atoms with Gasteiger partial charge in [0.05, 0.1) is 12.0 Å².